The zero-order valence-electron chi connectivity index (χ0n) is 7.59. The van der Waals surface area contributed by atoms with Crippen LogP contribution in [0.5, 0.6) is 0 Å². The second-order valence-electron chi connectivity index (χ2n) is 3.63. The molecule has 13 heavy (non-hydrogen) atoms. The fourth-order valence-electron chi connectivity index (χ4n) is 2.06. The number of nitrogens with two attached hydrogens (primary N) is 3. The van der Waals surface area contributed by atoms with Gasteiger partial charge in [0.25, 0.3) is 0 Å². The van der Waals surface area contributed by atoms with E-state index in [2.05, 4.69) is 0 Å². The van der Waals surface area contributed by atoms with E-state index in [1.54, 1.807) is 0 Å². The molecule has 0 saturated carbocycles. The SMILES string of the molecule is Nc1ccc(N)c2c1CCCC2N. The van der Waals surface area contributed by atoms with Gasteiger partial charge in [0.2, 0.25) is 0 Å². The molecule has 2 rings (SSSR count). The molecular weight excluding hydrogens is 162 g/mol. The van der Waals surface area contributed by atoms with Crippen molar-refractivity contribution >= 4 is 11.4 Å². The molecule has 0 heterocycles. The molecule has 1 unspecified atom stereocenters. The summed E-state index contributed by atoms with van der Waals surface area (Å²) in [6, 6.07) is 3.79. The maximum Gasteiger partial charge on any atom is 0.0366 e. The van der Waals surface area contributed by atoms with Gasteiger partial charge in [0.15, 0.2) is 0 Å². The van der Waals surface area contributed by atoms with E-state index in [1.165, 1.54) is 5.56 Å². The first-order valence-electron chi connectivity index (χ1n) is 4.62. The second kappa shape index (κ2) is 2.92. The summed E-state index contributed by atoms with van der Waals surface area (Å²) in [5, 5.41) is 0. The van der Waals surface area contributed by atoms with Crippen molar-refractivity contribution in [3.05, 3.63) is 23.3 Å². The van der Waals surface area contributed by atoms with Crippen molar-refractivity contribution in [2.75, 3.05) is 11.5 Å². The van der Waals surface area contributed by atoms with Gasteiger partial charge >= 0.3 is 0 Å². The molecular formula is C10H15N3. The summed E-state index contributed by atoms with van der Waals surface area (Å²) >= 11 is 0. The molecule has 1 aliphatic rings. The molecule has 0 amide bonds. The van der Waals surface area contributed by atoms with E-state index in [0.29, 0.717) is 0 Å². The van der Waals surface area contributed by atoms with E-state index in [4.69, 9.17) is 17.2 Å². The van der Waals surface area contributed by atoms with Crippen LogP contribution < -0.4 is 17.2 Å². The Morgan fingerprint density at radius 1 is 1.15 bits per heavy atom. The number of nitrogen functional groups attached to an aromatic ring is 2. The van der Waals surface area contributed by atoms with Crippen LogP contribution in [0.15, 0.2) is 12.1 Å². The molecule has 70 valence electrons. The lowest BCUT2D eigenvalue weighted by atomic mass is 9.86. The highest BCUT2D eigenvalue weighted by atomic mass is 14.7. The summed E-state index contributed by atoms with van der Waals surface area (Å²) in [5.41, 5.74) is 21.6. The van der Waals surface area contributed by atoms with E-state index in [1.807, 2.05) is 12.1 Å². The highest BCUT2D eigenvalue weighted by Gasteiger charge is 2.20. The van der Waals surface area contributed by atoms with Gasteiger partial charge in [-0.1, -0.05) is 0 Å². The molecule has 0 fully saturated rings. The number of rotatable bonds is 0. The second-order valence-corrected chi connectivity index (χ2v) is 3.63. The molecule has 0 spiro atoms. The molecule has 1 aromatic carbocycles. The van der Waals surface area contributed by atoms with E-state index in [9.17, 15) is 0 Å². The molecule has 0 aromatic heterocycles. The van der Waals surface area contributed by atoms with Gasteiger partial charge in [-0.2, -0.15) is 0 Å². The molecule has 0 radical (unpaired) electrons. The van der Waals surface area contributed by atoms with Crippen LogP contribution in [-0.4, -0.2) is 0 Å². The van der Waals surface area contributed by atoms with Crippen LogP contribution in [-0.2, 0) is 6.42 Å². The average molecular weight is 177 g/mol. The lowest BCUT2D eigenvalue weighted by molar-refractivity contribution is 0.573. The number of hydrogen-bond acceptors (Lipinski definition) is 3. The Kier molecular flexibility index (Phi) is 1.88. The van der Waals surface area contributed by atoms with E-state index >= 15 is 0 Å². The summed E-state index contributed by atoms with van der Waals surface area (Å²) in [5.74, 6) is 0. The molecule has 0 saturated heterocycles. The molecule has 1 aromatic rings. The van der Waals surface area contributed by atoms with Gasteiger partial charge in [-0.15, -0.1) is 0 Å². The lowest BCUT2D eigenvalue weighted by Gasteiger charge is -2.25. The Balaban J connectivity index is 2.60. The zero-order chi connectivity index (χ0) is 9.42. The van der Waals surface area contributed by atoms with Crippen LogP contribution in [0, 0.1) is 0 Å². The van der Waals surface area contributed by atoms with Crippen molar-refractivity contribution in [1.29, 1.82) is 0 Å². The standard InChI is InChI=1S/C10H15N3/c11-7-4-5-9(13)10-6(7)2-1-3-8(10)12/h4-5,8H,1-3,11-13H2. The van der Waals surface area contributed by atoms with Gasteiger partial charge in [-0.3, -0.25) is 0 Å². The van der Waals surface area contributed by atoms with Crippen molar-refractivity contribution in [2.24, 2.45) is 5.73 Å². The van der Waals surface area contributed by atoms with E-state index in [-0.39, 0.29) is 6.04 Å². The fourth-order valence-corrected chi connectivity index (χ4v) is 2.06. The maximum atomic E-state index is 5.98. The molecule has 3 nitrogen and oxygen atoms in total. The first-order chi connectivity index (χ1) is 6.20. The predicted molar refractivity (Wildman–Crippen MR) is 55.1 cm³/mol. The van der Waals surface area contributed by atoms with Gasteiger partial charge in [0.1, 0.15) is 0 Å². The van der Waals surface area contributed by atoms with Crippen LogP contribution >= 0.6 is 0 Å². The van der Waals surface area contributed by atoms with Crippen LogP contribution in [0.2, 0.25) is 0 Å². The van der Waals surface area contributed by atoms with Crippen molar-refractivity contribution in [3.63, 3.8) is 0 Å². The van der Waals surface area contributed by atoms with Crippen molar-refractivity contribution in [1.82, 2.24) is 0 Å². The Morgan fingerprint density at radius 2 is 1.85 bits per heavy atom. The number of anilines is 2. The largest absolute Gasteiger partial charge is 0.398 e. The van der Waals surface area contributed by atoms with Gasteiger partial charge in [0, 0.05) is 17.4 Å². The first kappa shape index (κ1) is 8.38. The Morgan fingerprint density at radius 3 is 2.54 bits per heavy atom. The number of hydrogen-bond donors (Lipinski definition) is 3. The molecule has 0 bridgehead atoms. The summed E-state index contributed by atoms with van der Waals surface area (Å²) in [6.07, 6.45) is 3.14. The van der Waals surface area contributed by atoms with Gasteiger partial charge in [0.05, 0.1) is 0 Å². The van der Waals surface area contributed by atoms with Crippen LogP contribution in [0.4, 0.5) is 11.4 Å². The molecule has 1 aliphatic carbocycles. The summed E-state index contributed by atoms with van der Waals surface area (Å²) in [4.78, 5) is 0. The quantitative estimate of drug-likeness (QED) is 0.521. The Labute approximate surface area is 77.9 Å². The number of fused-ring (bicyclic) bond motifs is 1. The summed E-state index contributed by atoms with van der Waals surface area (Å²) in [7, 11) is 0. The topological polar surface area (TPSA) is 78.1 Å². The van der Waals surface area contributed by atoms with E-state index in [0.717, 1.165) is 36.2 Å². The average Bonchev–Trinajstić information content (AvgIpc) is 2.12. The molecule has 6 N–H and O–H groups in total. The smallest absolute Gasteiger partial charge is 0.0366 e. The minimum Gasteiger partial charge on any atom is -0.398 e. The van der Waals surface area contributed by atoms with Crippen molar-refractivity contribution < 1.29 is 0 Å². The predicted octanol–water partition coefficient (Wildman–Crippen LogP) is 1.19. The summed E-state index contributed by atoms with van der Waals surface area (Å²) in [6.45, 7) is 0. The Hall–Kier alpha value is -1.22. The highest BCUT2D eigenvalue weighted by Crippen LogP contribution is 2.35. The minimum atomic E-state index is 0.0762. The van der Waals surface area contributed by atoms with Gasteiger partial charge in [-0.05, 0) is 42.5 Å². The third-order valence-corrected chi connectivity index (χ3v) is 2.74. The van der Waals surface area contributed by atoms with Crippen molar-refractivity contribution in [3.8, 4) is 0 Å². The first-order valence-corrected chi connectivity index (χ1v) is 4.62. The highest BCUT2D eigenvalue weighted by molar-refractivity contribution is 5.63. The minimum absolute atomic E-state index is 0.0762. The van der Waals surface area contributed by atoms with Crippen LogP contribution in [0.25, 0.3) is 0 Å². The number of benzene rings is 1. The third kappa shape index (κ3) is 1.25. The zero-order valence-corrected chi connectivity index (χ0v) is 7.59. The van der Waals surface area contributed by atoms with Gasteiger partial charge < -0.3 is 17.2 Å². The molecule has 3 heteroatoms. The normalized spacial score (nSPS) is 21.2. The lowest BCUT2D eigenvalue weighted by Crippen LogP contribution is -2.20. The Bertz CT molecular complexity index is 333. The van der Waals surface area contributed by atoms with Crippen LogP contribution in [0.1, 0.15) is 30.0 Å². The molecule has 0 aliphatic heterocycles. The summed E-state index contributed by atoms with van der Waals surface area (Å²) < 4.78 is 0. The van der Waals surface area contributed by atoms with Crippen LogP contribution in [0.3, 0.4) is 0 Å². The molecule has 1 atom stereocenters. The van der Waals surface area contributed by atoms with E-state index < -0.39 is 0 Å². The van der Waals surface area contributed by atoms with Crippen molar-refractivity contribution in [2.45, 2.75) is 25.3 Å². The monoisotopic (exact) mass is 177 g/mol. The maximum absolute atomic E-state index is 5.98. The van der Waals surface area contributed by atoms with Gasteiger partial charge in [-0.25, -0.2) is 0 Å². The third-order valence-electron chi connectivity index (χ3n) is 2.74. The fraction of sp³-hybridized carbons (Fsp3) is 0.400.